The third kappa shape index (κ3) is 9.37. The van der Waals surface area contributed by atoms with Crippen LogP contribution in [0.3, 0.4) is 0 Å². The zero-order valence-corrected chi connectivity index (χ0v) is 8.71. The van der Waals surface area contributed by atoms with Crippen LogP contribution in [0.1, 0.15) is 19.8 Å². The molecule has 3 heteroatoms. The molecule has 0 aliphatic rings. The molecule has 0 aromatic rings. The van der Waals surface area contributed by atoms with Crippen LogP contribution < -0.4 is 5.32 Å². The highest BCUT2D eigenvalue weighted by Gasteiger charge is 1.98. The van der Waals surface area contributed by atoms with Crippen molar-refractivity contribution in [1.29, 1.82) is 0 Å². The quantitative estimate of drug-likeness (QED) is 0.439. The van der Waals surface area contributed by atoms with Crippen molar-refractivity contribution in [1.82, 2.24) is 5.32 Å². The Kier molecular flexibility index (Phi) is 9.15. The molecule has 0 radical (unpaired) electrons. The molecule has 0 aliphatic heterocycles. The highest BCUT2D eigenvalue weighted by Crippen LogP contribution is 1.91. The Morgan fingerprint density at radius 2 is 2.23 bits per heavy atom. The second kappa shape index (κ2) is 9.55. The Morgan fingerprint density at radius 1 is 1.46 bits per heavy atom. The summed E-state index contributed by atoms with van der Waals surface area (Å²) in [6.07, 6.45) is 3.55. The number of hydrogen-bond acceptors (Lipinski definition) is 3. The van der Waals surface area contributed by atoms with Crippen molar-refractivity contribution in [2.75, 3.05) is 26.9 Å². The lowest BCUT2D eigenvalue weighted by atomic mass is 10.2. The summed E-state index contributed by atoms with van der Waals surface area (Å²) in [7, 11) is 1.73. The molecule has 0 aromatic carbocycles. The Bertz CT molecular complexity index is 117. The number of methoxy groups -OCH3 is 1. The normalized spacial score (nSPS) is 12.5. The second-order valence-electron chi connectivity index (χ2n) is 3.03. The molecule has 0 heterocycles. The van der Waals surface area contributed by atoms with Gasteiger partial charge in [0, 0.05) is 19.8 Å². The van der Waals surface area contributed by atoms with E-state index in [4.69, 9.17) is 9.47 Å². The predicted octanol–water partition coefficient (Wildman–Crippen LogP) is 1.55. The summed E-state index contributed by atoms with van der Waals surface area (Å²) in [6.45, 7) is 8.18. The van der Waals surface area contributed by atoms with Gasteiger partial charge in [0.05, 0.1) is 12.9 Å². The Balaban J connectivity index is 3.07. The van der Waals surface area contributed by atoms with Crippen molar-refractivity contribution in [3.8, 4) is 0 Å². The van der Waals surface area contributed by atoms with Gasteiger partial charge >= 0.3 is 0 Å². The molecule has 1 atom stereocenters. The van der Waals surface area contributed by atoms with Gasteiger partial charge in [-0.05, 0) is 26.3 Å². The number of nitrogens with one attached hydrogen (secondary N) is 1. The van der Waals surface area contributed by atoms with Crippen molar-refractivity contribution in [2.24, 2.45) is 0 Å². The van der Waals surface area contributed by atoms with Gasteiger partial charge in [-0.1, -0.05) is 6.58 Å². The molecule has 0 saturated carbocycles. The molecule has 0 amide bonds. The fourth-order valence-corrected chi connectivity index (χ4v) is 0.984. The average molecular weight is 187 g/mol. The van der Waals surface area contributed by atoms with Crippen molar-refractivity contribution in [3.63, 3.8) is 0 Å². The van der Waals surface area contributed by atoms with Gasteiger partial charge in [0.1, 0.15) is 0 Å². The molecule has 0 aromatic heterocycles. The van der Waals surface area contributed by atoms with E-state index < -0.39 is 0 Å². The van der Waals surface area contributed by atoms with Crippen LogP contribution in [0.2, 0.25) is 0 Å². The molecule has 0 rings (SSSR count). The molecular formula is C10H21NO2. The summed E-state index contributed by atoms with van der Waals surface area (Å²) in [5.41, 5.74) is 0. The summed E-state index contributed by atoms with van der Waals surface area (Å²) < 4.78 is 9.98. The Hall–Kier alpha value is -0.540. The first-order valence-electron chi connectivity index (χ1n) is 4.76. The van der Waals surface area contributed by atoms with Crippen LogP contribution >= 0.6 is 0 Å². The minimum atomic E-state index is 0.517. The molecule has 1 N–H and O–H groups in total. The van der Waals surface area contributed by atoms with E-state index in [9.17, 15) is 0 Å². The lowest BCUT2D eigenvalue weighted by molar-refractivity contribution is 0.183. The van der Waals surface area contributed by atoms with Crippen molar-refractivity contribution < 1.29 is 9.47 Å². The minimum absolute atomic E-state index is 0.517. The molecule has 1 unspecified atom stereocenters. The molecule has 0 fully saturated rings. The number of rotatable bonds is 9. The molecule has 0 bridgehead atoms. The Labute approximate surface area is 81.1 Å². The zero-order valence-electron chi connectivity index (χ0n) is 8.71. The first-order valence-corrected chi connectivity index (χ1v) is 4.76. The van der Waals surface area contributed by atoms with E-state index >= 15 is 0 Å². The monoisotopic (exact) mass is 187 g/mol. The largest absolute Gasteiger partial charge is 0.502 e. The molecule has 0 spiro atoms. The number of ether oxygens (including phenoxy) is 2. The lowest BCUT2D eigenvalue weighted by Gasteiger charge is -2.12. The van der Waals surface area contributed by atoms with Crippen LogP contribution in [0, 0.1) is 0 Å². The highest BCUT2D eigenvalue weighted by molar-refractivity contribution is 4.60. The SMILES string of the molecule is C=COCCCNC(C)CCOC. The van der Waals surface area contributed by atoms with E-state index in [2.05, 4.69) is 18.8 Å². The van der Waals surface area contributed by atoms with E-state index in [1.807, 2.05) is 0 Å². The zero-order chi connectivity index (χ0) is 9.94. The van der Waals surface area contributed by atoms with Crippen LogP contribution in [-0.4, -0.2) is 32.9 Å². The first kappa shape index (κ1) is 12.5. The first-order chi connectivity index (χ1) is 6.31. The maximum atomic E-state index is 5.00. The van der Waals surface area contributed by atoms with Crippen molar-refractivity contribution in [3.05, 3.63) is 12.8 Å². The summed E-state index contributed by atoms with van der Waals surface area (Å²) in [5.74, 6) is 0. The maximum absolute atomic E-state index is 5.00. The number of hydrogen-bond donors (Lipinski definition) is 1. The van der Waals surface area contributed by atoms with Crippen LogP contribution in [0.5, 0.6) is 0 Å². The van der Waals surface area contributed by atoms with Gasteiger partial charge < -0.3 is 14.8 Å². The molecule has 0 saturated heterocycles. The highest BCUT2D eigenvalue weighted by atomic mass is 16.5. The molecule has 0 aliphatic carbocycles. The summed E-state index contributed by atoms with van der Waals surface area (Å²) in [5, 5.41) is 3.38. The maximum Gasteiger partial charge on any atom is 0.0885 e. The smallest absolute Gasteiger partial charge is 0.0885 e. The van der Waals surface area contributed by atoms with E-state index in [1.54, 1.807) is 7.11 Å². The molecule has 13 heavy (non-hydrogen) atoms. The van der Waals surface area contributed by atoms with Gasteiger partial charge in [0.25, 0.3) is 0 Å². The van der Waals surface area contributed by atoms with Crippen LogP contribution in [-0.2, 0) is 9.47 Å². The fourth-order valence-electron chi connectivity index (χ4n) is 0.984. The summed E-state index contributed by atoms with van der Waals surface area (Å²) in [4.78, 5) is 0. The van der Waals surface area contributed by atoms with Crippen LogP contribution in [0.4, 0.5) is 0 Å². The lowest BCUT2D eigenvalue weighted by Crippen LogP contribution is -2.28. The Morgan fingerprint density at radius 3 is 2.85 bits per heavy atom. The van der Waals surface area contributed by atoms with Gasteiger partial charge in [-0.15, -0.1) is 0 Å². The van der Waals surface area contributed by atoms with Gasteiger partial charge in [-0.2, -0.15) is 0 Å². The van der Waals surface area contributed by atoms with Gasteiger partial charge in [-0.25, -0.2) is 0 Å². The minimum Gasteiger partial charge on any atom is -0.502 e. The van der Waals surface area contributed by atoms with Gasteiger partial charge in [0.2, 0.25) is 0 Å². The summed E-state index contributed by atoms with van der Waals surface area (Å²) >= 11 is 0. The second-order valence-corrected chi connectivity index (χ2v) is 3.03. The van der Waals surface area contributed by atoms with Gasteiger partial charge in [0.15, 0.2) is 0 Å². The predicted molar refractivity (Wildman–Crippen MR) is 54.7 cm³/mol. The van der Waals surface area contributed by atoms with E-state index in [0.717, 1.165) is 32.6 Å². The summed E-state index contributed by atoms with van der Waals surface area (Å²) in [6, 6.07) is 0.517. The molecule has 3 nitrogen and oxygen atoms in total. The van der Waals surface area contributed by atoms with Crippen molar-refractivity contribution >= 4 is 0 Å². The van der Waals surface area contributed by atoms with Gasteiger partial charge in [-0.3, -0.25) is 0 Å². The molecule has 78 valence electrons. The third-order valence-corrected chi connectivity index (χ3v) is 1.80. The van der Waals surface area contributed by atoms with E-state index in [1.165, 1.54) is 6.26 Å². The standard InChI is InChI=1S/C10H21NO2/c1-4-13-8-5-7-11-10(2)6-9-12-3/h4,10-11H,1,5-9H2,2-3H3. The van der Waals surface area contributed by atoms with Crippen LogP contribution in [0.25, 0.3) is 0 Å². The van der Waals surface area contributed by atoms with Crippen LogP contribution in [0.15, 0.2) is 12.8 Å². The topological polar surface area (TPSA) is 30.5 Å². The average Bonchev–Trinajstić information content (AvgIpc) is 2.14. The third-order valence-electron chi connectivity index (χ3n) is 1.80. The van der Waals surface area contributed by atoms with E-state index in [0.29, 0.717) is 6.04 Å². The van der Waals surface area contributed by atoms with Crippen molar-refractivity contribution in [2.45, 2.75) is 25.8 Å². The van der Waals surface area contributed by atoms with E-state index in [-0.39, 0.29) is 0 Å². The molecular weight excluding hydrogens is 166 g/mol. The fraction of sp³-hybridized carbons (Fsp3) is 0.800.